The van der Waals surface area contributed by atoms with E-state index in [1.165, 1.54) is 64.2 Å². The van der Waals surface area contributed by atoms with Crippen LogP contribution in [0.4, 0.5) is 0 Å². The van der Waals surface area contributed by atoms with Gasteiger partial charge < -0.3 is 4.74 Å². The summed E-state index contributed by atoms with van der Waals surface area (Å²) < 4.78 is 5.36. The predicted molar refractivity (Wildman–Crippen MR) is 91.5 cm³/mol. The van der Waals surface area contributed by atoms with E-state index in [0.29, 0.717) is 13.0 Å². The van der Waals surface area contributed by atoms with Gasteiger partial charge in [-0.15, -0.1) is 0 Å². The Morgan fingerprint density at radius 2 is 1.43 bits per heavy atom. The summed E-state index contributed by atoms with van der Waals surface area (Å²) >= 11 is 0. The number of carbonyl (C=O) groups is 1. The highest BCUT2D eigenvalue weighted by Crippen LogP contribution is 2.16. The molecule has 1 unspecified atom stereocenters. The van der Waals surface area contributed by atoms with Crippen molar-refractivity contribution in [3.63, 3.8) is 0 Å². The van der Waals surface area contributed by atoms with Crippen molar-refractivity contribution in [2.24, 2.45) is 5.92 Å². The lowest BCUT2D eigenvalue weighted by atomic mass is 9.96. The molecule has 21 heavy (non-hydrogen) atoms. The molecule has 0 fully saturated rings. The van der Waals surface area contributed by atoms with E-state index in [2.05, 4.69) is 20.8 Å². The van der Waals surface area contributed by atoms with Crippen molar-refractivity contribution in [2.75, 3.05) is 6.61 Å². The average molecular weight is 299 g/mol. The van der Waals surface area contributed by atoms with Crippen molar-refractivity contribution in [3.05, 3.63) is 0 Å². The van der Waals surface area contributed by atoms with E-state index in [1.807, 2.05) is 0 Å². The Morgan fingerprint density at radius 1 is 0.810 bits per heavy atom. The summed E-state index contributed by atoms with van der Waals surface area (Å²) in [6, 6.07) is 0. The minimum Gasteiger partial charge on any atom is -0.466 e. The fourth-order valence-electron chi connectivity index (χ4n) is 2.68. The molecule has 0 spiro atoms. The van der Waals surface area contributed by atoms with E-state index in [-0.39, 0.29) is 5.97 Å². The van der Waals surface area contributed by atoms with Crippen LogP contribution in [0.3, 0.4) is 0 Å². The van der Waals surface area contributed by atoms with Crippen molar-refractivity contribution < 1.29 is 9.53 Å². The van der Waals surface area contributed by atoms with Gasteiger partial charge in [-0.1, -0.05) is 85.0 Å². The molecule has 0 aromatic rings. The number of esters is 1. The molecular weight excluding hydrogens is 260 g/mol. The summed E-state index contributed by atoms with van der Waals surface area (Å²) in [5.41, 5.74) is 0. The molecule has 0 aromatic heterocycles. The van der Waals surface area contributed by atoms with Crippen LogP contribution >= 0.6 is 0 Å². The van der Waals surface area contributed by atoms with Crippen LogP contribution in [0.1, 0.15) is 104 Å². The van der Waals surface area contributed by atoms with Crippen molar-refractivity contribution in [2.45, 2.75) is 104 Å². The Balaban J connectivity index is 3.40. The topological polar surface area (TPSA) is 26.3 Å². The Hall–Kier alpha value is -0.530. The molecule has 0 heterocycles. The Kier molecular flexibility index (Phi) is 15.5. The molecule has 0 rings (SSSR count). The van der Waals surface area contributed by atoms with Crippen LogP contribution in [0.5, 0.6) is 0 Å². The van der Waals surface area contributed by atoms with E-state index in [0.717, 1.165) is 18.8 Å². The summed E-state index contributed by atoms with van der Waals surface area (Å²) in [6.07, 6.45) is 15.4. The first kappa shape index (κ1) is 20.5. The minimum atomic E-state index is 0.00824. The van der Waals surface area contributed by atoms with E-state index in [1.54, 1.807) is 0 Å². The van der Waals surface area contributed by atoms with Gasteiger partial charge in [-0.3, -0.25) is 4.79 Å². The monoisotopic (exact) mass is 298 g/mol. The number of rotatable bonds is 15. The first-order valence-corrected chi connectivity index (χ1v) is 9.40. The maximum absolute atomic E-state index is 11.6. The van der Waals surface area contributed by atoms with Crippen LogP contribution in [0.15, 0.2) is 0 Å². The number of unbranched alkanes of at least 4 members (excludes halogenated alkanes) is 7. The van der Waals surface area contributed by atoms with Gasteiger partial charge in [-0.2, -0.15) is 0 Å². The van der Waals surface area contributed by atoms with Crippen LogP contribution in [0.25, 0.3) is 0 Å². The molecule has 0 aliphatic carbocycles. The number of ether oxygens (including phenoxy) is 1. The molecule has 0 aliphatic rings. The second kappa shape index (κ2) is 15.9. The average Bonchev–Trinajstić information content (AvgIpc) is 2.49. The van der Waals surface area contributed by atoms with E-state index >= 15 is 0 Å². The second-order valence-corrected chi connectivity index (χ2v) is 6.30. The first-order chi connectivity index (χ1) is 10.2. The van der Waals surface area contributed by atoms with Gasteiger partial charge in [0, 0.05) is 6.42 Å². The molecule has 0 aliphatic heterocycles. The molecule has 0 bridgehead atoms. The van der Waals surface area contributed by atoms with Crippen LogP contribution in [0, 0.1) is 5.92 Å². The molecule has 0 saturated carbocycles. The van der Waals surface area contributed by atoms with Crippen molar-refractivity contribution in [3.8, 4) is 0 Å². The van der Waals surface area contributed by atoms with E-state index in [9.17, 15) is 4.79 Å². The zero-order chi connectivity index (χ0) is 15.8. The third kappa shape index (κ3) is 14.2. The van der Waals surface area contributed by atoms with Gasteiger partial charge >= 0.3 is 5.97 Å². The molecule has 126 valence electrons. The quantitative estimate of drug-likeness (QED) is 0.263. The van der Waals surface area contributed by atoms with Gasteiger partial charge in [0.15, 0.2) is 0 Å². The van der Waals surface area contributed by atoms with Gasteiger partial charge in [0.2, 0.25) is 0 Å². The van der Waals surface area contributed by atoms with E-state index < -0.39 is 0 Å². The SMILES string of the molecule is CCCCCCCCCC(=O)OCCC(CC)CCCC. The highest BCUT2D eigenvalue weighted by molar-refractivity contribution is 5.69. The normalized spacial score (nSPS) is 12.3. The molecule has 0 amide bonds. The standard InChI is InChI=1S/C19H38O2/c1-4-7-9-10-11-12-13-15-19(20)21-17-16-18(6-3)14-8-5-2/h18H,4-17H2,1-3H3. The van der Waals surface area contributed by atoms with Crippen LogP contribution in [-0.2, 0) is 9.53 Å². The van der Waals surface area contributed by atoms with Crippen molar-refractivity contribution >= 4 is 5.97 Å². The molecule has 0 N–H and O–H groups in total. The number of carbonyl (C=O) groups excluding carboxylic acids is 1. The minimum absolute atomic E-state index is 0.00824. The molecule has 0 radical (unpaired) electrons. The maximum atomic E-state index is 11.6. The van der Waals surface area contributed by atoms with Crippen molar-refractivity contribution in [1.29, 1.82) is 0 Å². The Bertz CT molecular complexity index is 226. The molecule has 1 atom stereocenters. The zero-order valence-electron chi connectivity index (χ0n) is 14.8. The van der Waals surface area contributed by atoms with Gasteiger partial charge in [0.25, 0.3) is 0 Å². The lowest BCUT2D eigenvalue weighted by Crippen LogP contribution is -2.09. The first-order valence-electron chi connectivity index (χ1n) is 9.40. The summed E-state index contributed by atoms with van der Waals surface area (Å²) in [6.45, 7) is 7.33. The fraction of sp³-hybridized carbons (Fsp3) is 0.947. The fourth-order valence-corrected chi connectivity index (χ4v) is 2.68. The summed E-state index contributed by atoms with van der Waals surface area (Å²) in [7, 11) is 0. The third-order valence-electron chi connectivity index (χ3n) is 4.32. The number of hydrogen-bond donors (Lipinski definition) is 0. The highest BCUT2D eigenvalue weighted by atomic mass is 16.5. The molecule has 2 heteroatoms. The van der Waals surface area contributed by atoms with Gasteiger partial charge in [-0.25, -0.2) is 0 Å². The molecule has 0 aromatic carbocycles. The predicted octanol–water partition coefficient (Wildman–Crippen LogP) is 6.28. The summed E-state index contributed by atoms with van der Waals surface area (Å²) in [4.78, 5) is 11.6. The van der Waals surface area contributed by atoms with Gasteiger partial charge in [0.05, 0.1) is 6.61 Å². The Morgan fingerprint density at radius 3 is 2.05 bits per heavy atom. The second-order valence-electron chi connectivity index (χ2n) is 6.30. The highest BCUT2D eigenvalue weighted by Gasteiger charge is 2.08. The zero-order valence-corrected chi connectivity index (χ0v) is 14.8. The summed E-state index contributed by atoms with van der Waals surface area (Å²) in [5, 5.41) is 0. The molecule has 0 saturated heterocycles. The van der Waals surface area contributed by atoms with E-state index in [4.69, 9.17) is 4.74 Å². The van der Waals surface area contributed by atoms with Crippen LogP contribution in [0.2, 0.25) is 0 Å². The molecular formula is C19H38O2. The maximum Gasteiger partial charge on any atom is 0.305 e. The summed E-state index contributed by atoms with van der Waals surface area (Å²) in [5.74, 6) is 0.741. The smallest absolute Gasteiger partial charge is 0.305 e. The largest absolute Gasteiger partial charge is 0.466 e. The van der Waals surface area contributed by atoms with Crippen molar-refractivity contribution in [1.82, 2.24) is 0 Å². The lowest BCUT2D eigenvalue weighted by Gasteiger charge is -2.14. The lowest BCUT2D eigenvalue weighted by molar-refractivity contribution is -0.144. The van der Waals surface area contributed by atoms with Crippen LogP contribution < -0.4 is 0 Å². The third-order valence-corrected chi connectivity index (χ3v) is 4.32. The van der Waals surface area contributed by atoms with Crippen LogP contribution in [-0.4, -0.2) is 12.6 Å². The number of hydrogen-bond acceptors (Lipinski definition) is 2. The van der Waals surface area contributed by atoms with Gasteiger partial charge in [0.1, 0.15) is 0 Å². The Labute approximate surface area is 133 Å². The van der Waals surface area contributed by atoms with Gasteiger partial charge in [-0.05, 0) is 18.8 Å². The molecule has 2 nitrogen and oxygen atoms in total.